The van der Waals surface area contributed by atoms with Crippen molar-refractivity contribution >= 4 is 5.71 Å². The lowest BCUT2D eigenvalue weighted by molar-refractivity contribution is 0.0655. The third-order valence-corrected chi connectivity index (χ3v) is 1.65. The minimum absolute atomic E-state index is 0.0370. The summed E-state index contributed by atoms with van der Waals surface area (Å²) in [6.45, 7) is 3.92. The van der Waals surface area contributed by atoms with E-state index < -0.39 is 0 Å². The van der Waals surface area contributed by atoms with Crippen molar-refractivity contribution in [3.8, 4) is 12.3 Å². The molecule has 0 aliphatic carbocycles. The maximum atomic E-state index is 5.19. The van der Waals surface area contributed by atoms with Gasteiger partial charge in [0.2, 0.25) is 0 Å². The summed E-state index contributed by atoms with van der Waals surface area (Å²) in [5, 5.41) is 3.63. The molecule has 0 saturated heterocycles. The Hall–Kier alpha value is -1.27. The van der Waals surface area contributed by atoms with Gasteiger partial charge in [0.25, 0.3) is 0 Å². The lowest BCUT2D eigenvalue weighted by atomic mass is 10.1. The Labute approximate surface area is 66.1 Å². The van der Waals surface area contributed by atoms with Crippen LogP contribution in [0.3, 0.4) is 0 Å². The van der Waals surface area contributed by atoms with Gasteiger partial charge in [-0.25, -0.2) is 0 Å². The Kier molecular flexibility index (Phi) is 2.29. The first-order valence-electron chi connectivity index (χ1n) is 3.38. The van der Waals surface area contributed by atoms with Gasteiger partial charge in [-0.2, -0.15) is 0 Å². The van der Waals surface area contributed by atoms with Crippen LogP contribution in [0, 0.1) is 12.3 Å². The topological polar surface area (TPSA) is 33.6 Å². The molecule has 0 amide bonds. The van der Waals surface area contributed by atoms with Gasteiger partial charge >= 0.3 is 0 Å². The lowest BCUT2D eigenvalue weighted by Gasteiger charge is -2.06. The van der Waals surface area contributed by atoms with E-state index in [2.05, 4.69) is 21.5 Å². The monoisotopic (exact) mass is 150 g/mol. The van der Waals surface area contributed by atoms with Gasteiger partial charge in [0, 0.05) is 0 Å². The molecule has 0 radical (unpaired) electrons. The number of hydroxylamine groups is 1. The molecular weight excluding hydrogens is 140 g/mol. The summed E-state index contributed by atoms with van der Waals surface area (Å²) in [5.74, 6) is 2.45. The first-order valence-corrected chi connectivity index (χ1v) is 3.38. The van der Waals surface area contributed by atoms with Gasteiger partial charge in [-0.15, -0.1) is 11.9 Å². The van der Waals surface area contributed by atoms with Crippen molar-refractivity contribution in [3.63, 3.8) is 0 Å². The molecule has 3 heteroatoms. The van der Waals surface area contributed by atoms with Gasteiger partial charge in [-0.05, 0) is 19.8 Å². The maximum Gasteiger partial charge on any atom is 0.156 e. The van der Waals surface area contributed by atoms with Gasteiger partial charge in [0.1, 0.15) is 6.04 Å². The van der Waals surface area contributed by atoms with Crippen LogP contribution in [-0.4, -0.2) is 11.8 Å². The van der Waals surface area contributed by atoms with Crippen LogP contribution in [0.2, 0.25) is 0 Å². The minimum Gasteiger partial charge on any atom is -0.298 e. The lowest BCUT2D eigenvalue weighted by Crippen LogP contribution is -2.29. The fourth-order valence-electron chi connectivity index (χ4n) is 0.822. The van der Waals surface area contributed by atoms with E-state index in [4.69, 9.17) is 6.42 Å². The molecular formula is C8H10N2O. The van der Waals surface area contributed by atoms with Crippen LogP contribution < -0.4 is 5.48 Å². The Morgan fingerprint density at radius 1 is 1.91 bits per heavy atom. The van der Waals surface area contributed by atoms with Crippen LogP contribution in [0.5, 0.6) is 0 Å². The molecule has 0 bridgehead atoms. The Morgan fingerprint density at radius 3 is 3.18 bits per heavy atom. The Bertz CT molecular complexity index is 247. The van der Waals surface area contributed by atoms with Crippen LogP contribution in [0.25, 0.3) is 0 Å². The number of nitrogens with zero attached hydrogens (tertiary/aromatic N) is 1. The molecule has 0 saturated carbocycles. The quantitative estimate of drug-likeness (QED) is 0.444. The molecule has 58 valence electrons. The molecule has 0 aromatic rings. The van der Waals surface area contributed by atoms with E-state index in [1.165, 1.54) is 0 Å². The summed E-state index contributed by atoms with van der Waals surface area (Å²) < 4.78 is 0. The van der Waals surface area contributed by atoms with E-state index >= 15 is 0 Å². The fourth-order valence-corrected chi connectivity index (χ4v) is 0.822. The molecule has 1 aliphatic rings. The summed E-state index contributed by atoms with van der Waals surface area (Å²) in [5.41, 5.74) is 4.40. The number of rotatable bonds is 1. The van der Waals surface area contributed by atoms with Crippen molar-refractivity contribution in [1.82, 2.24) is 5.48 Å². The van der Waals surface area contributed by atoms with Crippen LogP contribution >= 0.6 is 0 Å². The average Bonchev–Trinajstić information content (AvgIpc) is 2.50. The van der Waals surface area contributed by atoms with Crippen molar-refractivity contribution in [3.05, 3.63) is 11.6 Å². The molecule has 1 rings (SSSR count). The van der Waals surface area contributed by atoms with E-state index in [0.717, 1.165) is 5.57 Å². The van der Waals surface area contributed by atoms with Crippen molar-refractivity contribution < 1.29 is 4.94 Å². The van der Waals surface area contributed by atoms with Crippen LogP contribution in [0.4, 0.5) is 0 Å². The highest BCUT2D eigenvalue weighted by Gasteiger charge is 2.21. The SMILES string of the molecule is C#CC1=NONC1/C(C)=C\C. The zero-order valence-electron chi connectivity index (χ0n) is 6.59. The average molecular weight is 150 g/mol. The van der Waals surface area contributed by atoms with Crippen LogP contribution in [-0.2, 0) is 4.94 Å². The number of hydrogen-bond acceptors (Lipinski definition) is 3. The zero-order valence-corrected chi connectivity index (χ0v) is 6.59. The highest BCUT2D eigenvalue weighted by Crippen LogP contribution is 2.08. The number of allylic oxidation sites excluding steroid dienone is 1. The van der Waals surface area contributed by atoms with Crippen molar-refractivity contribution in [2.45, 2.75) is 19.9 Å². The predicted molar refractivity (Wildman–Crippen MR) is 43.7 cm³/mol. The highest BCUT2D eigenvalue weighted by atomic mass is 16.8. The number of oxime groups is 1. The largest absolute Gasteiger partial charge is 0.298 e. The second kappa shape index (κ2) is 3.22. The van der Waals surface area contributed by atoms with E-state index in [1.54, 1.807) is 0 Å². The third kappa shape index (κ3) is 1.41. The predicted octanol–water partition coefficient (Wildman–Crippen LogP) is 0.845. The molecule has 1 atom stereocenters. The second-order valence-corrected chi connectivity index (χ2v) is 2.30. The molecule has 1 heterocycles. The summed E-state index contributed by atoms with van der Waals surface area (Å²) in [6, 6.07) is -0.0370. The van der Waals surface area contributed by atoms with Crippen molar-refractivity contribution in [2.24, 2.45) is 5.16 Å². The Morgan fingerprint density at radius 2 is 2.64 bits per heavy atom. The van der Waals surface area contributed by atoms with Gasteiger partial charge < -0.3 is 0 Å². The zero-order chi connectivity index (χ0) is 8.27. The molecule has 1 unspecified atom stereocenters. The minimum atomic E-state index is -0.0370. The second-order valence-electron chi connectivity index (χ2n) is 2.30. The van der Waals surface area contributed by atoms with E-state index in [1.807, 2.05) is 19.9 Å². The number of terminal acetylenes is 1. The van der Waals surface area contributed by atoms with Gasteiger partial charge in [-0.3, -0.25) is 4.94 Å². The van der Waals surface area contributed by atoms with Gasteiger partial charge in [0.05, 0.1) is 0 Å². The summed E-state index contributed by atoms with van der Waals surface area (Å²) in [7, 11) is 0. The smallest absolute Gasteiger partial charge is 0.156 e. The Balaban J connectivity index is 2.77. The molecule has 1 N–H and O–H groups in total. The van der Waals surface area contributed by atoms with E-state index in [0.29, 0.717) is 5.71 Å². The fraction of sp³-hybridized carbons (Fsp3) is 0.375. The molecule has 0 aromatic carbocycles. The summed E-state index contributed by atoms with van der Waals surface area (Å²) in [4.78, 5) is 4.64. The number of hydrogen-bond donors (Lipinski definition) is 1. The van der Waals surface area contributed by atoms with Crippen molar-refractivity contribution in [2.75, 3.05) is 0 Å². The normalized spacial score (nSPS) is 23.9. The molecule has 0 aromatic heterocycles. The number of nitrogens with one attached hydrogen (secondary N) is 1. The molecule has 0 spiro atoms. The maximum absolute atomic E-state index is 5.19. The summed E-state index contributed by atoms with van der Waals surface area (Å²) in [6.07, 6.45) is 7.16. The molecule has 1 aliphatic heterocycles. The summed E-state index contributed by atoms with van der Waals surface area (Å²) >= 11 is 0. The van der Waals surface area contributed by atoms with Crippen LogP contribution in [0.1, 0.15) is 13.8 Å². The van der Waals surface area contributed by atoms with E-state index in [9.17, 15) is 0 Å². The molecule has 0 fully saturated rings. The van der Waals surface area contributed by atoms with Crippen molar-refractivity contribution in [1.29, 1.82) is 0 Å². The van der Waals surface area contributed by atoms with Crippen LogP contribution in [0.15, 0.2) is 16.8 Å². The van der Waals surface area contributed by atoms with Gasteiger partial charge in [-0.1, -0.05) is 16.8 Å². The molecule has 3 nitrogen and oxygen atoms in total. The third-order valence-electron chi connectivity index (χ3n) is 1.65. The highest BCUT2D eigenvalue weighted by molar-refractivity contribution is 6.05. The first-order chi connectivity index (χ1) is 5.29. The van der Waals surface area contributed by atoms with E-state index in [-0.39, 0.29) is 6.04 Å². The molecule has 11 heavy (non-hydrogen) atoms. The van der Waals surface area contributed by atoms with Gasteiger partial charge in [0.15, 0.2) is 5.71 Å². The first kappa shape index (κ1) is 7.83. The standard InChI is InChI=1S/C8H10N2O/c1-4-6(3)8-7(5-2)9-11-10-8/h2,4,8,10H,1,3H3/b6-4-.